The normalized spacial score (nSPS) is 13.5. The quantitative estimate of drug-likeness (QED) is 0.816. The number of alkyl halides is 1. The van der Waals surface area contributed by atoms with Crippen LogP contribution in [0.2, 0.25) is 0 Å². The molecule has 0 saturated heterocycles. The molecule has 1 amide bonds. The van der Waals surface area contributed by atoms with Crippen LogP contribution in [0.15, 0.2) is 15.9 Å². The number of hydrogen-bond donors (Lipinski definition) is 1. The minimum Gasteiger partial charge on any atom is -0.348 e. The molecule has 0 aliphatic heterocycles. The molecule has 1 aromatic rings. The summed E-state index contributed by atoms with van der Waals surface area (Å²) >= 11 is 10.6. The van der Waals surface area contributed by atoms with Crippen LogP contribution in [0.5, 0.6) is 0 Å². The third kappa shape index (κ3) is 4.60. The highest BCUT2D eigenvalue weighted by Gasteiger charge is 2.26. The van der Waals surface area contributed by atoms with Crippen LogP contribution in [0.3, 0.4) is 0 Å². The van der Waals surface area contributed by atoms with Gasteiger partial charge in [-0.1, -0.05) is 20.8 Å². The fourth-order valence-electron chi connectivity index (χ4n) is 1.50. The Kier molecular flexibility index (Phi) is 5.48. The summed E-state index contributed by atoms with van der Waals surface area (Å²) in [5.74, 6) is 0.529. The molecule has 0 saturated carbocycles. The van der Waals surface area contributed by atoms with Crippen LogP contribution in [0.25, 0.3) is 0 Å². The summed E-state index contributed by atoms with van der Waals surface area (Å²) in [4.78, 5) is 12.7. The van der Waals surface area contributed by atoms with Gasteiger partial charge in [0.1, 0.15) is 0 Å². The summed E-state index contributed by atoms with van der Waals surface area (Å²) in [5.41, 5.74) is 0.0129. The van der Waals surface area contributed by atoms with Gasteiger partial charge in [-0.3, -0.25) is 4.79 Å². The largest absolute Gasteiger partial charge is 0.348 e. The molecule has 1 N–H and O–H groups in total. The van der Waals surface area contributed by atoms with Crippen LogP contribution in [-0.4, -0.2) is 17.8 Å². The van der Waals surface area contributed by atoms with E-state index in [2.05, 4.69) is 42.0 Å². The van der Waals surface area contributed by atoms with E-state index in [0.717, 1.165) is 15.1 Å². The van der Waals surface area contributed by atoms with Crippen LogP contribution < -0.4 is 5.32 Å². The Morgan fingerprint density at radius 1 is 1.53 bits per heavy atom. The van der Waals surface area contributed by atoms with Crippen molar-refractivity contribution in [2.75, 3.05) is 5.88 Å². The van der Waals surface area contributed by atoms with Crippen molar-refractivity contribution in [3.63, 3.8) is 0 Å². The molecule has 0 aliphatic rings. The van der Waals surface area contributed by atoms with Gasteiger partial charge in [0.25, 0.3) is 5.91 Å². The van der Waals surface area contributed by atoms with Crippen LogP contribution in [0.1, 0.15) is 36.9 Å². The molecule has 96 valence electrons. The number of thiophene rings is 1. The van der Waals surface area contributed by atoms with Gasteiger partial charge in [-0.2, -0.15) is 0 Å². The third-order valence-corrected chi connectivity index (χ3v) is 4.39. The molecule has 0 radical (unpaired) electrons. The topological polar surface area (TPSA) is 29.1 Å². The molecule has 17 heavy (non-hydrogen) atoms. The molecule has 1 heterocycles. The van der Waals surface area contributed by atoms with E-state index in [0.29, 0.717) is 5.88 Å². The Labute approximate surface area is 120 Å². The zero-order valence-electron chi connectivity index (χ0n) is 10.2. The molecule has 0 aliphatic carbocycles. The Balaban J connectivity index is 2.71. The predicted octanol–water partition coefficient (Wildman–Crippen LogP) is 4.28. The summed E-state index contributed by atoms with van der Waals surface area (Å²) in [5, 5.41) is 3.05. The molecule has 1 aromatic heterocycles. The zero-order valence-corrected chi connectivity index (χ0v) is 13.4. The second-order valence-corrected chi connectivity index (χ2v) is 7.81. The van der Waals surface area contributed by atoms with E-state index in [1.807, 2.05) is 12.1 Å². The van der Waals surface area contributed by atoms with E-state index in [1.54, 1.807) is 0 Å². The number of hydrogen-bond acceptors (Lipinski definition) is 2. The molecular weight excluding hydrogens is 322 g/mol. The first kappa shape index (κ1) is 15.0. The number of halogens is 2. The molecule has 0 spiro atoms. The number of nitrogens with one attached hydrogen (secondary N) is 1. The van der Waals surface area contributed by atoms with Crippen molar-refractivity contribution in [2.45, 2.75) is 33.2 Å². The SMILES string of the molecule is CC(C)(C)C(CCCl)NC(=O)c1ccc(Br)s1. The van der Waals surface area contributed by atoms with E-state index in [-0.39, 0.29) is 17.4 Å². The maximum absolute atomic E-state index is 12.0. The molecule has 5 heteroatoms. The van der Waals surface area contributed by atoms with Crippen LogP contribution in [0.4, 0.5) is 0 Å². The molecule has 0 aromatic carbocycles. The Morgan fingerprint density at radius 2 is 2.18 bits per heavy atom. The maximum Gasteiger partial charge on any atom is 0.261 e. The molecule has 1 rings (SSSR count). The number of rotatable bonds is 4. The minimum absolute atomic E-state index is 0.0129. The van der Waals surface area contributed by atoms with Crippen molar-refractivity contribution in [1.82, 2.24) is 5.32 Å². The number of amides is 1. The second-order valence-electron chi connectivity index (χ2n) is 4.97. The summed E-state index contributed by atoms with van der Waals surface area (Å²) < 4.78 is 0.965. The highest BCUT2D eigenvalue weighted by molar-refractivity contribution is 9.11. The highest BCUT2D eigenvalue weighted by atomic mass is 79.9. The molecule has 0 fully saturated rings. The maximum atomic E-state index is 12.0. The fraction of sp³-hybridized carbons (Fsp3) is 0.583. The van der Waals surface area contributed by atoms with Crippen molar-refractivity contribution < 1.29 is 4.79 Å². The summed E-state index contributed by atoms with van der Waals surface area (Å²) in [6, 6.07) is 3.80. The van der Waals surface area contributed by atoms with Gasteiger partial charge < -0.3 is 5.32 Å². The summed E-state index contributed by atoms with van der Waals surface area (Å²) in [6.07, 6.45) is 0.781. The van der Waals surface area contributed by atoms with E-state index in [9.17, 15) is 4.79 Å². The molecule has 1 atom stereocenters. The van der Waals surface area contributed by atoms with Crippen molar-refractivity contribution in [3.05, 3.63) is 20.8 Å². The van der Waals surface area contributed by atoms with Gasteiger partial charge in [-0.15, -0.1) is 22.9 Å². The lowest BCUT2D eigenvalue weighted by molar-refractivity contribution is 0.0904. The van der Waals surface area contributed by atoms with Gasteiger partial charge >= 0.3 is 0 Å². The van der Waals surface area contributed by atoms with E-state index >= 15 is 0 Å². The monoisotopic (exact) mass is 337 g/mol. The second kappa shape index (κ2) is 6.21. The number of carbonyl (C=O) groups excluding carboxylic acids is 1. The fourth-order valence-corrected chi connectivity index (χ4v) is 3.00. The van der Waals surface area contributed by atoms with Gasteiger partial charge in [0.2, 0.25) is 0 Å². The van der Waals surface area contributed by atoms with Crippen molar-refractivity contribution in [3.8, 4) is 0 Å². The standard InChI is InChI=1S/C12H17BrClNOS/c1-12(2,3)9(6-7-14)15-11(16)8-4-5-10(13)17-8/h4-5,9H,6-7H2,1-3H3,(H,15,16). The van der Waals surface area contributed by atoms with E-state index in [4.69, 9.17) is 11.6 Å². The van der Waals surface area contributed by atoms with Crippen molar-refractivity contribution in [2.24, 2.45) is 5.41 Å². The molecule has 1 unspecified atom stereocenters. The molecule has 2 nitrogen and oxygen atoms in total. The Hall–Kier alpha value is -0.0600. The zero-order chi connectivity index (χ0) is 13.1. The van der Waals surface area contributed by atoms with Gasteiger partial charge in [0, 0.05) is 11.9 Å². The minimum atomic E-state index is -0.0225. The van der Waals surface area contributed by atoms with Gasteiger partial charge in [0.15, 0.2) is 0 Å². The Bertz CT molecular complexity index is 386. The third-order valence-electron chi connectivity index (χ3n) is 2.55. The molecular formula is C12H17BrClNOS. The Morgan fingerprint density at radius 3 is 2.59 bits per heavy atom. The predicted molar refractivity (Wildman–Crippen MR) is 78.1 cm³/mol. The van der Waals surface area contributed by atoms with Crippen LogP contribution >= 0.6 is 38.9 Å². The van der Waals surface area contributed by atoms with Crippen LogP contribution in [0, 0.1) is 5.41 Å². The lowest BCUT2D eigenvalue weighted by Crippen LogP contribution is -2.43. The first-order chi connectivity index (χ1) is 7.84. The lowest BCUT2D eigenvalue weighted by atomic mass is 9.85. The first-order valence-electron chi connectivity index (χ1n) is 5.46. The van der Waals surface area contributed by atoms with Crippen molar-refractivity contribution in [1.29, 1.82) is 0 Å². The number of carbonyl (C=O) groups is 1. The van der Waals surface area contributed by atoms with E-state index in [1.165, 1.54) is 11.3 Å². The van der Waals surface area contributed by atoms with Gasteiger partial charge in [0.05, 0.1) is 8.66 Å². The summed E-state index contributed by atoms with van der Waals surface area (Å²) in [7, 11) is 0. The average Bonchev–Trinajstić information content (AvgIpc) is 2.62. The van der Waals surface area contributed by atoms with Gasteiger partial charge in [-0.25, -0.2) is 0 Å². The lowest BCUT2D eigenvalue weighted by Gasteiger charge is -2.30. The van der Waals surface area contributed by atoms with Crippen LogP contribution in [-0.2, 0) is 0 Å². The smallest absolute Gasteiger partial charge is 0.261 e. The average molecular weight is 339 g/mol. The van der Waals surface area contributed by atoms with E-state index < -0.39 is 0 Å². The molecule has 0 bridgehead atoms. The van der Waals surface area contributed by atoms with Crippen molar-refractivity contribution >= 4 is 44.8 Å². The summed E-state index contributed by atoms with van der Waals surface area (Å²) in [6.45, 7) is 6.32. The van der Waals surface area contributed by atoms with Gasteiger partial charge in [-0.05, 0) is 39.9 Å². The highest BCUT2D eigenvalue weighted by Crippen LogP contribution is 2.25. The first-order valence-corrected chi connectivity index (χ1v) is 7.61.